The Labute approximate surface area is 116 Å². The number of amides is 1. The van der Waals surface area contributed by atoms with Gasteiger partial charge >= 0.3 is 5.97 Å². The SMILES string of the molecule is CCCCCCCCCCNC(=O)C1CCOC1=O. The number of nitrogens with one attached hydrogen (secondary N) is 1. The van der Waals surface area contributed by atoms with Crippen molar-refractivity contribution < 1.29 is 14.3 Å². The van der Waals surface area contributed by atoms with Gasteiger partial charge in [-0.3, -0.25) is 9.59 Å². The summed E-state index contributed by atoms with van der Waals surface area (Å²) in [6, 6.07) is 0. The third-order valence-electron chi connectivity index (χ3n) is 3.58. The molecule has 19 heavy (non-hydrogen) atoms. The fourth-order valence-electron chi connectivity index (χ4n) is 2.33. The molecule has 0 saturated carbocycles. The van der Waals surface area contributed by atoms with Crippen LogP contribution in [0.25, 0.3) is 0 Å². The van der Waals surface area contributed by atoms with Gasteiger partial charge in [-0.05, 0) is 6.42 Å². The van der Waals surface area contributed by atoms with Crippen LogP contribution in [0.2, 0.25) is 0 Å². The van der Waals surface area contributed by atoms with Crippen molar-refractivity contribution in [2.75, 3.05) is 13.2 Å². The highest BCUT2D eigenvalue weighted by atomic mass is 16.5. The van der Waals surface area contributed by atoms with Crippen LogP contribution in [-0.2, 0) is 14.3 Å². The summed E-state index contributed by atoms with van der Waals surface area (Å²) in [7, 11) is 0. The van der Waals surface area contributed by atoms with Crippen molar-refractivity contribution in [1.29, 1.82) is 0 Å². The Balaban J connectivity index is 1.90. The first-order valence-corrected chi connectivity index (χ1v) is 7.70. The molecule has 0 aromatic heterocycles. The minimum absolute atomic E-state index is 0.162. The number of hydrogen-bond acceptors (Lipinski definition) is 3. The molecule has 1 N–H and O–H groups in total. The molecule has 1 rings (SSSR count). The van der Waals surface area contributed by atoms with E-state index in [1.807, 2.05) is 0 Å². The van der Waals surface area contributed by atoms with Crippen LogP contribution >= 0.6 is 0 Å². The second-order valence-electron chi connectivity index (χ2n) is 5.27. The molecule has 4 nitrogen and oxygen atoms in total. The number of carbonyl (C=O) groups is 2. The van der Waals surface area contributed by atoms with Gasteiger partial charge in [0.1, 0.15) is 5.92 Å². The van der Waals surface area contributed by atoms with Crippen molar-refractivity contribution in [2.24, 2.45) is 5.92 Å². The molecule has 0 aromatic rings. The van der Waals surface area contributed by atoms with Gasteiger partial charge in [-0.15, -0.1) is 0 Å². The predicted octanol–water partition coefficient (Wildman–Crippen LogP) is 2.81. The minimum Gasteiger partial charge on any atom is -0.465 e. The van der Waals surface area contributed by atoms with E-state index in [-0.39, 0.29) is 11.9 Å². The lowest BCUT2D eigenvalue weighted by Gasteiger charge is -2.07. The molecule has 1 unspecified atom stereocenters. The maximum Gasteiger partial charge on any atom is 0.318 e. The number of unbranched alkanes of at least 4 members (excludes halogenated alkanes) is 7. The molecule has 1 heterocycles. The lowest BCUT2D eigenvalue weighted by molar-refractivity contribution is -0.145. The average Bonchev–Trinajstić information content (AvgIpc) is 2.83. The maximum atomic E-state index is 11.7. The zero-order chi connectivity index (χ0) is 13.9. The lowest BCUT2D eigenvalue weighted by Crippen LogP contribution is -2.33. The molecule has 0 aromatic carbocycles. The summed E-state index contributed by atoms with van der Waals surface area (Å²) in [6.45, 7) is 3.29. The standard InChI is InChI=1S/C15H27NO3/c1-2-3-4-5-6-7-8-9-11-16-14(17)13-10-12-19-15(13)18/h13H,2-12H2,1H3,(H,16,17). The fourth-order valence-corrected chi connectivity index (χ4v) is 2.33. The van der Waals surface area contributed by atoms with Crippen LogP contribution in [-0.4, -0.2) is 25.0 Å². The molecule has 0 bridgehead atoms. The summed E-state index contributed by atoms with van der Waals surface area (Å²) in [5, 5.41) is 2.83. The van der Waals surface area contributed by atoms with E-state index in [1.165, 1.54) is 38.5 Å². The highest BCUT2D eigenvalue weighted by molar-refractivity contribution is 5.98. The summed E-state index contributed by atoms with van der Waals surface area (Å²) in [4.78, 5) is 22.8. The van der Waals surface area contributed by atoms with E-state index in [2.05, 4.69) is 12.2 Å². The van der Waals surface area contributed by atoms with Gasteiger partial charge in [-0.25, -0.2) is 0 Å². The summed E-state index contributed by atoms with van der Waals surface area (Å²) in [5.41, 5.74) is 0. The number of carbonyl (C=O) groups excluding carboxylic acids is 2. The molecule has 1 atom stereocenters. The predicted molar refractivity (Wildman–Crippen MR) is 74.7 cm³/mol. The zero-order valence-electron chi connectivity index (χ0n) is 12.1. The lowest BCUT2D eigenvalue weighted by atomic mass is 10.1. The minimum atomic E-state index is -0.561. The van der Waals surface area contributed by atoms with Crippen molar-refractivity contribution in [3.63, 3.8) is 0 Å². The Morgan fingerprint density at radius 3 is 2.37 bits per heavy atom. The second kappa shape index (κ2) is 9.82. The van der Waals surface area contributed by atoms with E-state index in [4.69, 9.17) is 4.74 Å². The third-order valence-corrected chi connectivity index (χ3v) is 3.58. The monoisotopic (exact) mass is 269 g/mol. The zero-order valence-corrected chi connectivity index (χ0v) is 12.1. The first kappa shape index (κ1) is 16.0. The molecule has 110 valence electrons. The first-order valence-electron chi connectivity index (χ1n) is 7.70. The normalized spacial score (nSPS) is 18.4. The maximum absolute atomic E-state index is 11.7. The molecular weight excluding hydrogens is 242 g/mol. The van der Waals surface area contributed by atoms with E-state index in [0.717, 1.165) is 12.8 Å². The number of hydrogen-bond donors (Lipinski definition) is 1. The van der Waals surface area contributed by atoms with Gasteiger partial charge in [0.2, 0.25) is 5.91 Å². The summed E-state index contributed by atoms with van der Waals surface area (Å²) in [5.74, 6) is -1.09. The first-order chi connectivity index (χ1) is 9.25. The van der Waals surface area contributed by atoms with Gasteiger partial charge in [-0.1, -0.05) is 51.9 Å². The van der Waals surface area contributed by atoms with Crippen molar-refractivity contribution in [3.05, 3.63) is 0 Å². The summed E-state index contributed by atoms with van der Waals surface area (Å²) in [6.07, 6.45) is 10.5. The third kappa shape index (κ3) is 6.60. The highest BCUT2D eigenvalue weighted by Crippen LogP contribution is 2.14. The number of cyclic esters (lactones) is 1. The average molecular weight is 269 g/mol. The Morgan fingerprint density at radius 2 is 1.79 bits per heavy atom. The quantitative estimate of drug-likeness (QED) is 0.377. The van der Waals surface area contributed by atoms with Crippen LogP contribution in [0, 0.1) is 5.92 Å². The molecule has 0 aliphatic carbocycles. The van der Waals surface area contributed by atoms with Crippen molar-refractivity contribution in [2.45, 2.75) is 64.7 Å². The Hall–Kier alpha value is -1.06. The van der Waals surface area contributed by atoms with E-state index < -0.39 is 5.92 Å². The molecule has 1 amide bonds. The van der Waals surface area contributed by atoms with Crippen LogP contribution in [0.15, 0.2) is 0 Å². The highest BCUT2D eigenvalue weighted by Gasteiger charge is 2.32. The molecule has 1 fully saturated rings. The number of ether oxygens (including phenoxy) is 1. The van der Waals surface area contributed by atoms with Crippen molar-refractivity contribution in [1.82, 2.24) is 5.32 Å². The second-order valence-corrected chi connectivity index (χ2v) is 5.27. The Bertz CT molecular complexity index is 279. The fraction of sp³-hybridized carbons (Fsp3) is 0.867. The van der Waals surface area contributed by atoms with Crippen LogP contribution in [0.5, 0.6) is 0 Å². The van der Waals surface area contributed by atoms with Gasteiger partial charge in [0.25, 0.3) is 0 Å². The van der Waals surface area contributed by atoms with Gasteiger partial charge < -0.3 is 10.1 Å². The van der Waals surface area contributed by atoms with Gasteiger partial charge in [-0.2, -0.15) is 0 Å². The van der Waals surface area contributed by atoms with Gasteiger partial charge in [0, 0.05) is 13.0 Å². The van der Waals surface area contributed by atoms with E-state index >= 15 is 0 Å². The molecule has 4 heteroatoms. The van der Waals surface area contributed by atoms with Crippen molar-refractivity contribution in [3.8, 4) is 0 Å². The van der Waals surface area contributed by atoms with Crippen LogP contribution in [0.4, 0.5) is 0 Å². The topological polar surface area (TPSA) is 55.4 Å². The number of rotatable bonds is 10. The van der Waals surface area contributed by atoms with E-state index in [9.17, 15) is 9.59 Å². The van der Waals surface area contributed by atoms with Crippen LogP contribution in [0.3, 0.4) is 0 Å². The molecule has 1 saturated heterocycles. The number of esters is 1. The summed E-state index contributed by atoms with van der Waals surface area (Å²) < 4.78 is 4.78. The van der Waals surface area contributed by atoms with Crippen LogP contribution < -0.4 is 5.32 Å². The molecule has 0 spiro atoms. The molecule has 1 aliphatic heterocycles. The Morgan fingerprint density at radius 1 is 1.16 bits per heavy atom. The largest absolute Gasteiger partial charge is 0.465 e. The van der Waals surface area contributed by atoms with Crippen LogP contribution in [0.1, 0.15) is 64.7 Å². The smallest absolute Gasteiger partial charge is 0.318 e. The van der Waals surface area contributed by atoms with Crippen molar-refractivity contribution >= 4 is 11.9 Å². The Kier molecular flexibility index (Phi) is 8.26. The molecule has 1 aliphatic rings. The van der Waals surface area contributed by atoms with Gasteiger partial charge in [0.15, 0.2) is 0 Å². The van der Waals surface area contributed by atoms with Gasteiger partial charge in [0.05, 0.1) is 6.61 Å². The molecule has 0 radical (unpaired) electrons. The van der Waals surface area contributed by atoms with E-state index in [0.29, 0.717) is 19.6 Å². The summed E-state index contributed by atoms with van der Waals surface area (Å²) >= 11 is 0. The van der Waals surface area contributed by atoms with E-state index in [1.54, 1.807) is 0 Å². The molecular formula is C15H27NO3.